The molecule has 2 aromatic rings. The van der Waals surface area contributed by atoms with Gasteiger partial charge < -0.3 is 14.9 Å². The van der Waals surface area contributed by atoms with Crippen molar-refractivity contribution in [2.45, 2.75) is 0 Å². The Balaban J connectivity index is 2.17. The van der Waals surface area contributed by atoms with Crippen LogP contribution >= 0.6 is 0 Å². The van der Waals surface area contributed by atoms with Gasteiger partial charge in [0.1, 0.15) is 17.8 Å². The number of pyridine rings is 1. The van der Waals surface area contributed by atoms with E-state index in [9.17, 15) is 23.7 Å². The highest BCUT2D eigenvalue weighted by Gasteiger charge is 2.20. The van der Waals surface area contributed by atoms with Crippen molar-refractivity contribution in [3.63, 3.8) is 0 Å². The smallest absolute Gasteiger partial charge is 0.406 e. The van der Waals surface area contributed by atoms with Gasteiger partial charge in [-0.05, 0) is 34.2 Å². The van der Waals surface area contributed by atoms with Crippen LogP contribution in [-0.4, -0.2) is 22.3 Å². The van der Waals surface area contributed by atoms with Crippen molar-refractivity contribution in [1.82, 2.24) is 4.98 Å². The number of hydrogen-bond donors (Lipinski definition) is 0. The molecule has 6 nitrogen and oxygen atoms in total. The van der Waals surface area contributed by atoms with Crippen molar-refractivity contribution < 1.29 is 23.2 Å². The Bertz CT molecular complexity index is 686. The van der Waals surface area contributed by atoms with Gasteiger partial charge in [0, 0.05) is 0 Å². The van der Waals surface area contributed by atoms with E-state index in [1.54, 1.807) is 0 Å². The van der Waals surface area contributed by atoms with Gasteiger partial charge in [-0.15, -0.1) is 0 Å². The first-order valence-corrected chi connectivity index (χ1v) is 5.70. The molecule has 0 atom stereocenters. The van der Waals surface area contributed by atoms with Gasteiger partial charge in [-0.3, -0.25) is 4.79 Å². The van der Waals surface area contributed by atoms with Gasteiger partial charge in [-0.25, -0.2) is 8.78 Å². The van der Waals surface area contributed by atoms with Crippen LogP contribution in [0.3, 0.4) is 0 Å². The molecule has 8 heteroatoms. The molecule has 0 aliphatic rings. The number of hydrogen-bond acceptors (Lipinski definition) is 5. The van der Waals surface area contributed by atoms with Crippen LogP contribution in [0.15, 0.2) is 36.5 Å². The van der Waals surface area contributed by atoms with E-state index in [0.29, 0.717) is 0 Å². The zero-order chi connectivity index (χ0) is 15.4. The Morgan fingerprint density at radius 1 is 1.24 bits per heavy atom. The van der Waals surface area contributed by atoms with Crippen LogP contribution in [0.25, 0.3) is 0 Å². The lowest BCUT2D eigenvalue weighted by Crippen LogP contribution is -2.15. The summed E-state index contributed by atoms with van der Waals surface area (Å²) < 4.78 is 31.7. The lowest BCUT2D eigenvalue weighted by molar-refractivity contribution is -0.390. The quantitative estimate of drug-likeness (QED) is 0.481. The molecule has 1 aromatic heterocycles. The summed E-state index contributed by atoms with van der Waals surface area (Å²) in [4.78, 5) is 25.1. The second kappa shape index (κ2) is 6.04. The minimum atomic E-state index is -1.02. The molecule has 0 saturated heterocycles. The minimum Gasteiger partial charge on any atom is -0.477 e. The summed E-state index contributed by atoms with van der Waals surface area (Å²) in [5.41, 5.74) is -0.746. The number of ether oxygens (including phenoxy) is 1. The average molecular weight is 294 g/mol. The van der Waals surface area contributed by atoms with Crippen molar-refractivity contribution in [1.29, 1.82) is 0 Å². The van der Waals surface area contributed by atoms with Crippen molar-refractivity contribution in [2.75, 3.05) is 6.61 Å². The maximum absolute atomic E-state index is 13.4. The molecule has 1 aromatic carbocycles. The van der Waals surface area contributed by atoms with Crippen LogP contribution < -0.4 is 4.74 Å². The van der Waals surface area contributed by atoms with E-state index < -0.39 is 40.3 Å². The van der Waals surface area contributed by atoms with Crippen LogP contribution in [0, 0.1) is 21.7 Å². The fourth-order valence-electron chi connectivity index (χ4n) is 1.61. The van der Waals surface area contributed by atoms with E-state index in [1.807, 2.05) is 0 Å². The number of aromatic nitrogens is 1. The predicted octanol–water partition coefficient (Wildman–Crippen LogP) is 2.53. The standard InChI is InChI=1S/C13H8F2N2O4/c14-8-3-1-4-9(15)12(8)10(18)7-21-11-5-2-6-16-13(11)17(19)20/h1-6H,7H2. The van der Waals surface area contributed by atoms with Gasteiger partial charge in [0.05, 0.1) is 5.56 Å². The molecule has 0 saturated carbocycles. The maximum atomic E-state index is 13.4. The first kappa shape index (κ1) is 14.5. The van der Waals surface area contributed by atoms with E-state index in [4.69, 9.17) is 4.74 Å². The first-order chi connectivity index (χ1) is 10.0. The second-order valence-corrected chi connectivity index (χ2v) is 3.89. The molecular formula is C13H8F2N2O4. The Hall–Kier alpha value is -2.90. The van der Waals surface area contributed by atoms with E-state index >= 15 is 0 Å². The average Bonchev–Trinajstić information content (AvgIpc) is 2.45. The van der Waals surface area contributed by atoms with Gasteiger partial charge in [0.2, 0.25) is 11.5 Å². The number of nitro groups is 1. The van der Waals surface area contributed by atoms with E-state index in [0.717, 1.165) is 18.2 Å². The van der Waals surface area contributed by atoms with Crippen molar-refractivity contribution in [3.05, 3.63) is 63.8 Å². The molecule has 21 heavy (non-hydrogen) atoms. The number of ketones is 1. The molecule has 108 valence electrons. The van der Waals surface area contributed by atoms with Crippen LogP contribution in [0.5, 0.6) is 5.75 Å². The van der Waals surface area contributed by atoms with Crippen LogP contribution in [0.4, 0.5) is 14.6 Å². The molecule has 0 spiro atoms. The van der Waals surface area contributed by atoms with E-state index in [2.05, 4.69) is 4.98 Å². The molecule has 0 aliphatic heterocycles. The lowest BCUT2D eigenvalue weighted by atomic mass is 10.1. The zero-order valence-corrected chi connectivity index (χ0v) is 10.5. The molecule has 0 amide bonds. The number of Topliss-reactive ketones (excluding diaryl/α,β-unsaturated/α-hetero) is 1. The molecule has 1 heterocycles. The minimum absolute atomic E-state index is 0.257. The fraction of sp³-hybridized carbons (Fsp3) is 0.0769. The predicted molar refractivity (Wildman–Crippen MR) is 67.1 cm³/mol. The van der Waals surface area contributed by atoms with Gasteiger partial charge in [0.15, 0.2) is 6.61 Å². The highest BCUT2D eigenvalue weighted by atomic mass is 19.1. The summed E-state index contributed by atoms with van der Waals surface area (Å²) in [6.07, 6.45) is 1.18. The third-order valence-electron chi connectivity index (χ3n) is 2.52. The van der Waals surface area contributed by atoms with E-state index in [1.165, 1.54) is 18.3 Å². The molecule has 0 N–H and O–H groups in total. The Morgan fingerprint density at radius 2 is 1.90 bits per heavy atom. The molecule has 0 fully saturated rings. The molecule has 0 bridgehead atoms. The molecule has 2 rings (SSSR count). The summed E-state index contributed by atoms with van der Waals surface area (Å²) in [5, 5.41) is 10.7. The summed E-state index contributed by atoms with van der Waals surface area (Å²) >= 11 is 0. The normalized spacial score (nSPS) is 10.2. The van der Waals surface area contributed by atoms with Gasteiger partial charge in [-0.2, -0.15) is 0 Å². The van der Waals surface area contributed by atoms with Crippen LogP contribution in [-0.2, 0) is 0 Å². The Morgan fingerprint density at radius 3 is 2.52 bits per heavy atom. The largest absolute Gasteiger partial charge is 0.477 e. The zero-order valence-electron chi connectivity index (χ0n) is 10.5. The van der Waals surface area contributed by atoms with Crippen LogP contribution in [0.2, 0.25) is 0 Å². The number of nitrogens with zero attached hydrogens (tertiary/aromatic N) is 2. The SMILES string of the molecule is O=C(COc1cccnc1[N+](=O)[O-])c1c(F)cccc1F. The van der Waals surface area contributed by atoms with Gasteiger partial charge in [-0.1, -0.05) is 6.07 Å². The topological polar surface area (TPSA) is 82.3 Å². The van der Waals surface area contributed by atoms with Crippen LogP contribution in [0.1, 0.15) is 10.4 Å². The number of benzene rings is 1. The monoisotopic (exact) mass is 294 g/mol. The number of halogens is 2. The number of carbonyl (C=O) groups is 1. The molecule has 0 aliphatic carbocycles. The molecular weight excluding hydrogens is 286 g/mol. The number of rotatable bonds is 5. The third-order valence-corrected chi connectivity index (χ3v) is 2.52. The Kier molecular flexibility index (Phi) is 4.17. The van der Waals surface area contributed by atoms with Crippen molar-refractivity contribution in [3.8, 4) is 5.75 Å². The maximum Gasteiger partial charge on any atom is 0.406 e. The third kappa shape index (κ3) is 3.16. The van der Waals surface area contributed by atoms with Crippen molar-refractivity contribution >= 4 is 11.6 Å². The summed E-state index contributed by atoms with van der Waals surface area (Å²) in [6, 6.07) is 5.59. The molecule has 0 radical (unpaired) electrons. The number of carbonyl (C=O) groups excluding carboxylic acids is 1. The second-order valence-electron chi connectivity index (χ2n) is 3.89. The summed E-state index contributed by atoms with van der Waals surface area (Å²) in [6.45, 7) is -0.746. The van der Waals surface area contributed by atoms with Gasteiger partial charge in [0.25, 0.3) is 0 Å². The summed E-state index contributed by atoms with van der Waals surface area (Å²) in [7, 11) is 0. The Labute approximate surface area is 117 Å². The molecule has 0 unspecified atom stereocenters. The van der Waals surface area contributed by atoms with Crippen molar-refractivity contribution in [2.24, 2.45) is 0 Å². The fourth-order valence-corrected chi connectivity index (χ4v) is 1.61. The first-order valence-electron chi connectivity index (χ1n) is 5.70. The summed E-state index contributed by atoms with van der Waals surface area (Å²) in [5.74, 6) is -3.86. The van der Waals surface area contributed by atoms with Gasteiger partial charge >= 0.3 is 5.82 Å². The highest BCUT2D eigenvalue weighted by Crippen LogP contribution is 2.23. The van der Waals surface area contributed by atoms with E-state index in [-0.39, 0.29) is 5.75 Å². The lowest BCUT2D eigenvalue weighted by Gasteiger charge is -2.06. The highest BCUT2D eigenvalue weighted by molar-refractivity contribution is 5.97.